The second-order valence-corrected chi connectivity index (χ2v) is 4.71. The Balaban J connectivity index is 1.63. The molecule has 2 aromatic rings. The number of carbonyl (C=O) groups excluding carboxylic acids is 1. The van der Waals surface area contributed by atoms with Crippen LogP contribution in [0.1, 0.15) is 6.42 Å². The van der Waals surface area contributed by atoms with E-state index in [-0.39, 0.29) is 11.7 Å². The first-order valence-electron chi connectivity index (χ1n) is 6.68. The van der Waals surface area contributed by atoms with Crippen LogP contribution in [0.5, 0.6) is 17.2 Å². The van der Waals surface area contributed by atoms with Crippen molar-refractivity contribution in [2.45, 2.75) is 12.5 Å². The maximum Gasteiger partial charge on any atom is 0.261 e. The number of benzene rings is 2. The van der Waals surface area contributed by atoms with Gasteiger partial charge in [0.1, 0.15) is 23.1 Å². The maximum absolute atomic E-state index is 12.8. The summed E-state index contributed by atoms with van der Waals surface area (Å²) in [4.78, 5) is 11.4. The summed E-state index contributed by atoms with van der Waals surface area (Å²) >= 11 is 0. The van der Waals surface area contributed by atoms with Gasteiger partial charge in [0.05, 0.1) is 0 Å². The molecule has 3 rings (SSSR count). The lowest BCUT2D eigenvalue weighted by atomic mass is 10.3. The van der Waals surface area contributed by atoms with E-state index in [0.717, 1.165) is 0 Å². The Morgan fingerprint density at radius 3 is 2.10 bits per heavy atom. The molecule has 1 aliphatic heterocycles. The highest BCUT2D eigenvalue weighted by Gasteiger charge is 2.25. The van der Waals surface area contributed by atoms with Crippen LogP contribution < -0.4 is 14.8 Å². The Labute approximate surface area is 121 Å². The third kappa shape index (κ3) is 3.31. The topological polar surface area (TPSA) is 47.6 Å². The Hall–Kier alpha value is -2.56. The molecule has 1 amide bonds. The van der Waals surface area contributed by atoms with Crippen LogP contribution in [0, 0.1) is 5.82 Å². The number of halogens is 1. The third-order valence-electron chi connectivity index (χ3n) is 3.15. The molecule has 0 aromatic heterocycles. The van der Waals surface area contributed by atoms with Crippen molar-refractivity contribution in [3.63, 3.8) is 0 Å². The van der Waals surface area contributed by atoms with Gasteiger partial charge >= 0.3 is 0 Å². The zero-order chi connectivity index (χ0) is 14.7. The quantitative estimate of drug-likeness (QED) is 0.940. The van der Waals surface area contributed by atoms with Crippen LogP contribution >= 0.6 is 0 Å². The van der Waals surface area contributed by atoms with Gasteiger partial charge in [-0.05, 0) is 48.5 Å². The molecule has 0 saturated carbocycles. The van der Waals surface area contributed by atoms with Crippen LogP contribution in [0.25, 0.3) is 0 Å². The summed E-state index contributed by atoms with van der Waals surface area (Å²) in [6.45, 7) is 0.648. The fourth-order valence-electron chi connectivity index (χ4n) is 2.07. The molecule has 4 nitrogen and oxygen atoms in total. The summed E-state index contributed by atoms with van der Waals surface area (Å²) in [5, 5.41) is 2.72. The van der Waals surface area contributed by atoms with Gasteiger partial charge in [-0.2, -0.15) is 0 Å². The van der Waals surface area contributed by atoms with Crippen molar-refractivity contribution in [3.05, 3.63) is 54.3 Å². The van der Waals surface area contributed by atoms with Crippen LogP contribution in [-0.4, -0.2) is 18.6 Å². The average molecular weight is 287 g/mol. The van der Waals surface area contributed by atoms with Gasteiger partial charge in [-0.15, -0.1) is 0 Å². The highest BCUT2D eigenvalue weighted by Crippen LogP contribution is 2.25. The summed E-state index contributed by atoms with van der Waals surface area (Å²) in [6, 6.07) is 12.8. The maximum atomic E-state index is 12.8. The second-order valence-electron chi connectivity index (χ2n) is 4.71. The van der Waals surface area contributed by atoms with E-state index in [0.29, 0.717) is 30.2 Å². The van der Waals surface area contributed by atoms with E-state index in [1.54, 1.807) is 36.4 Å². The van der Waals surface area contributed by atoms with Crippen LogP contribution in [0.4, 0.5) is 4.39 Å². The second kappa shape index (κ2) is 5.83. The number of hydrogen-bond donors (Lipinski definition) is 1. The minimum Gasteiger partial charge on any atom is -0.481 e. The van der Waals surface area contributed by atoms with Crippen molar-refractivity contribution >= 4 is 5.91 Å². The summed E-state index contributed by atoms with van der Waals surface area (Å²) in [6.07, 6.45) is 0.251. The number of nitrogens with one attached hydrogen (secondary N) is 1. The van der Waals surface area contributed by atoms with Gasteiger partial charge < -0.3 is 14.8 Å². The van der Waals surface area contributed by atoms with Crippen molar-refractivity contribution in [1.29, 1.82) is 0 Å². The molecular weight excluding hydrogens is 273 g/mol. The number of ether oxygens (including phenoxy) is 2. The van der Waals surface area contributed by atoms with Gasteiger partial charge in [0.15, 0.2) is 6.10 Å². The van der Waals surface area contributed by atoms with E-state index in [9.17, 15) is 9.18 Å². The summed E-state index contributed by atoms with van der Waals surface area (Å²) in [5.74, 6) is 1.40. The highest BCUT2D eigenvalue weighted by atomic mass is 19.1. The fourth-order valence-corrected chi connectivity index (χ4v) is 2.07. The van der Waals surface area contributed by atoms with Crippen molar-refractivity contribution in [2.24, 2.45) is 0 Å². The number of hydrogen-bond acceptors (Lipinski definition) is 3. The molecule has 0 aliphatic carbocycles. The van der Waals surface area contributed by atoms with Crippen LogP contribution in [-0.2, 0) is 4.79 Å². The molecule has 0 spiro atoms. The van der Waals surface area contributed by atoms with Gasteiger partial charge in [-0.3, -0.25) is 4.79 Å². The average Bonchev–Trinajstić information content (AvgIpc) is 2.89. The Morgan fingerprint density at radius 2 is 1.52 bits per heavy atom. The van der Waals surface area contributed by atoms with Gasteiger partial charge in [0, 0.05) is 13.0 Å². The third-order valence-corrected chi connectivity index (χ3v) is 3.15. The van der Waals surface area contributed by atoms with Crippen LogP contribution in [0.2, 0.25) is 0 Å². The van der Waals surface area contributed by atoms with E-state index >= 15 is 0 Å². The molecule has 1 aliphatic rings. The molecule has 108 valence electrons. The van der Waals surface area contributed by atoms with E-state index in [2.05, 4.69) is 5.32 Å². The van der Waals surface area contributed by atoms with E-state index in [1.807, 2.05) is 0 Å². The first kappa shape index (κ1) is 13.4. The molecule has 21 heavy (non-hydrogen) atoms. The lowest BCUT2D eigenvalue weighted by Crippen LogP contribution is -2.27. The fraction of sp³-hybridized carbons (Fsp3) is 0.188. The lowest BCUT2D eigenvalue weighted by molar-refractivity contribution is -0.124. The van der Waals surface area contributed by atoms with Gasteiger partial charge in [0.2, 0.25) is 0 Å². The first-order chi connectivity index (χ1) is 10.2. The van der Waals surface area contributed by atoms with E-state index < -0.39 is 6.10 Å². The smallest absolute Gasteiger partial charge is 0.261 e. The summed E-state index contributed by atoms with van der Waals surface area (Å²) in [5.41, 5.74) is 0. The molecule has 0 unspecified atom stereocenters. The number of rotatable bonds is 4. The van der Waals surface area contributed by atoms with E-state index in [1.165, 1.54) is 12.1 Å². The molecule has 2 aromatic carbocycles. The molecule has 5 heteroatoms. The minimum atomic E-state index is -0.422. The zero-order valence-electron chi connectivity index (χ0n) is 11.2. The largest absolute Gasteiger partial charge is 0.481 e. The van der Waals surface area contributed by atoms with Gasteiger partial charge in [-0.1, -0.05) is 0 Å². The zero-order valence-corrected chi connectivity index (χ0v) is 11.2. The Kier molecular flexibility index (Phi) is 3.73. The summed E-state index contributed by atoms with van der Waals surface area (Å²) in [7, 11) is 0. The van der Waals surface area contributed by atoms with Gasteiger partial charge in [0.25, 0.3) is 5.91 Å². The minimum absolute atomic E-state index is 0.0818. The molecule has 0 radical (unpaired) electrons. The molecule has 1 saturated heterocycles. The normalized spacial score (nSPS) is 17.4. The Bertz CT molecular complexity index is 625. The lowest BCUT2D eigenvalue weighted by Gasteiger charge is -2.11. The Morgan fingerprint density at radius 1 is 0.952 bits per heavy atom. The summed E-state index contributed by atoms with van der Waals surface area (Å²) < 4.78 is 24.0. The van der Waals surface area contributed by atoms with Gasteiger partial charge in [-0.25, -0.2) is 4.39 Å². The highest BCUT2D eigenvalue weighted by molar-refractivity contribution is 5.83. The van der Waals surface area contributed by atoms with Crippen LogP contribution in [0.15, 0.2) is 48.5 Å². The first-order valence-corrected chi connectivity index (χ1v) is 6.68. The number of amides is 1. The van der Waals surface area contributed by atoms with Crippen LogP contribution in [0.3, 0.4) is 0 Å². The van der Waals surface area contributed by atoms with Crippen molar-refractivity contribution in [3.8, 4) is 17.2 Å². The van der Waals surface area contributed by atoms with Crippen molar-refractivity contribution in [1.82, 2.24) is 5.32 Å². The SMILES string of the molecule is O=C1NCC[C@H]1Oc1ccc(Oc2ccc(F)cc2)cc1. The number of carbonyl (C=O) groups is 1. The van der Waals surface area contributed by atoms with E-state index in [4.69, 9.17) is 9.47 Å². The monoisotopic (exact) mass is 287 g/mol. The molecule has 1 fully saturated rings. The van der Waals surface area contributed by atoms with Crippen molar-refractivity contribution < 1.29 is 18.7 Å². The van der Waals surface area contributed by atoms with Crippen molar-refractivity contribution in [2.75, 3.05) is 6.54 Å². The standard InChI is InChI=1S/C16H14FNO3/c17-11-1-3-12(4-2-11)20-13-5-7-14(8-6-13)21-15-9-10-18-16(15)19/h1-8,15H,9-10H2,(H,18,19)/t15-/m1/s1. The predicted molar refractivity (Wildman–Crippen MR) is 75.0 cm³/mol. The molecule has 1 N–H and O–H groups in total. The molecule has 1 heterocycles. The molecule has 0 bridgehead atoms. The molecular formula is C16H14FNO3. The molecule has 1 atom stereocenters. The predicted octanol–water partition coefficient (Wildman–Crippen LogP) is 2.89.